The van der Waals surface area contributed by atoms with Crippen LogP contribution in [0.2, 0.25) is 0 Å². The summed E-state index contributed by atoms with van der Waals surface area (Å²) >= 11 is 4.92. The number of nitrogens with zero attached hydrogens (tertiary/aromatic N) is 1. The molecular weight excluding hydrogens is 234 g/mol. The molecule has 1 aliphatic heterocycles. The zero-order valence-electron chi connectivity index (χ0n) is 10.1. The van der Waals surface area contributed by atoms with Crippen molar-refractivity contribution in [3.05, 3.63) is 23.9 Å². The summed E-state index contributed by atoms with van der Waals surface area (Å²) in [6.45, 7) is 4.98. The number of ether oxygens (including phenoxy) is 1. The van der Waals surface area contributed by atoms with Crippen LogP contribution in [0.4, 0.5) is 5.82 Å². The van der Waals surface area contributed by atoms with Gasteiger partial charge in [0.05, 0.1) is 17.3 Å². The van der Waals surface area contributed by atoms with Gasteiger partial charge in [-0.15, -0.1) is 0 Å². The molecular formula is C12H17N3OS. The van der Waals surface area contributed by atoms with E-state index in [2.05, 4.69) is 24.1 Å². The van der Waals surface area contributed by atoms with E-state index >= 15 is 0 Å². The van der Waals surface area contributed by atoms with Crippen molar-refractivity contribution in [1.82, 2.24) is 4.98 Å². The van der Waals surface area contributed by atoms with Gasteiger partial charge < -0.3 is 15.8 Å². The Bertz CT molecular complexity index is 438. The Morgan fingerprint density at radius 3 is 3.00 bits per heavy atom. The summed E-state index contributed by atoms with van der Waals surface area (Å²) in [5.41, 5.74) is 6.13. The second-order valence-corrected chi connectivity index (χ2v) is 5.02. The van der Waals surface area contributed by atoms with Crippen molar-refractivity contribution in [1.29, 1.82) is 0 Å². The normalized spacial score (nSPS) is 28.0. The number of pyridine rings is 1. The molecule has 2 heterocycles. The van der Waals surface area contributed by atoms with E-state index in [0.717, 1.165) is 18.8 Å². The molecule has 2 atom stereocenters. The molecule has 1 aliphatic rings. The van der Waals surface area contributed by atoms with E-state index in [-0.39, 0.29) is 11.6 Å². The summed E-state index contributed by atoms with van der Waals surface area (Å²) in [4.78, 5) is 4.70. The quantitative estimate of drug-likeness (QED) is 0.801. The second kappa shape index (κ2) is 4.58. The number of anilines is 1. The molecule has 2 unspecified atom stereocenters. The van der Waals surface area contributed by atoms with Crippen molar-refractivity contribution in [2.24, 2.45) is 5.73 Å². The Hall–Kier alpha value is -1.20. The van der Waals surface area contributed by atoms with E-state index in [9.17, 15) is 0 Å². The van der Waals surface area contributed by atoms with Crippen LogP contribution in [-0.2, 0) is 4.74 Å². The number of hydrogen-bond acceptors (Lipinski definition) is 4. The Balaban J connectivity index is 2.18. The van der Waals surface area contributed by atoms with Crippen LogP contribution < -0.4 is 11.1 Å². The molecule has 0 aromatic carbocycles. The fourth-order valence-electron chi connectivity index (χ4n) is 1.93. The predicted octanol–water partition coefficient (Wildman–Crippen LogP) is 1.70. The maximum atomic E-state index is 5.58. The Labute approximate surface area is 107 Å². The summed E-state index contributed by atoms with van der Waals surface area (Å²) in [5, 5.41) is 3.41. The van der Waals surface area contributed by atoms with Gasteiger partial charge in [0.25, 0.3) is 0 Å². The number of thiocarbonyl (C=S) groups is 1. The lowest BCUT2D eigenvalue weighted by molar-refractivity contribution is 0.105. The number of aromatic nitrogens is 1. The summed E-state index contributed by atoms with van der Waals surface area (Å²) in [5.74, 6) is 0.787. The van der Waals surface area contributed by atoms with Gasteiger partial charge in [-0.3, -0.25) is 0 Å². The summed E-state index contributed by atoms with van der Waals surface area (Å²) in [6, 6.07) is 5.62. The zero-order valence-corrected chi connectivity index (χ0v) is 10.9. The minimum absolute atomic E-state index is 0.0815. The molecule has 2 rings (SSSR count). The van der Waals surface area contributed by atoms with Gasteiger partial charge in [0, 0.05) is 6.61 Å². The average molecular weight is 251 g/mol. The first-order valence-corrected chi connectivity index (χ1v) is 6.09. The third-order valence-corrected chi connectivity index (χ3v) is 3.51. The second-order valence-electron chi connectivity index (χ2n) is 4.58. The minimum atomic E-state index is -0.0815. The molecule has 1 fully saturated rings. The van der Waals surface area contributed by atoms with Crippen LogP contribution in [0.5, 0.6) is 0 Å². The fourth-order valence-corrected chi connectivity index (χ4v) is 2.05. The molecule has 3 N–H and O–H groups in total. The van der Waals surface area contributed by atoms with E-state index in [0.29, 0.717) is 10.7 Å². The first kappa shape index (κ1) is 12.3. The third-order valence-electron chi connectivity index (χ3n) is 3.30. The van der Waals surface area contributed by atoms with Crippen LogP contribution in [-0.4, -0.2) is 28.2 Å². The number of nitrogens with two attached hydrogens (primary N) is 1. The highest BCUT2D eigenvalue weighted by Crippen LogP contribution is 2.28. The van der Waals surface area contributed by atoms with Gasteiger partial charge in [0.1, 0.15) is 10.8 Å². The topological polar surface area (TPSA) is 60.2 Å². The lowest BCUT2D eigenvalue weighted by Gasteiger charge is -2.29. The van der Waals surface area contributed by atoms with Crippen LogP contribution in [0.1, 0.15) is 26.0 Å². The van der Waals surface area contributed by atoms with Crippen LogP contribution in [0, 0.1) is 0 Å². The molecule has 5 heteroatoms. The van der Waals surface area contributed by atoms with E-state index in [1.165, 1.54) is 0 Å². The highest BCUT2D eigenvalue weighted by Gasteiger charge is 2.37. The maximum absolute atomic E-state index is 5.58. The lowest BCUT2D eigenvalue weighted by Crippen LogP contribution is -2.41. The smallest absolute Gasteiger partial charge is 0.127 e. The lowest BCUT2D eigenvalue weighted by atomic mass is 9.95. The maximum Gasteiger partial charge on any atom is 0.127 e. The molecule has 0 aliphatic carbocycles. The van der Waals surface area contributed by atoms with E-state index < -0.39 is 0 Å². The van der Waals surface area contributed by atoms with Gasteiger partial charge in [0.2, 0.25) is 0 Å². The van der Waals surface area contributed by atoms with Crippen molar-refractivity contribution in [2.75, 3.05) is 11.9 Å². The van der Waals surface area contributed by atoms with Crippen LogP contribution in [0.3, 0.4) is 0 Å². The van der Waals surface area contributed by atoms with Crippen molar-refractivity contribution in [3.63, 3.8) is 0 Å². The molecule has 1 aromatic heterocycles. The minimum Gasteiger partial charge on any atom is -0.388 e. The molecule has 1 aromatic rings. The van der Waals surface area contributed by atoms with E-state index in [4.69, 9.17) is 22.7 Å². The highest BCUT2D eigenvalue weighted by atomic mass is 32.1. The van der Waals surface area contributed by atoms with Gasteiger partial charge in [-0.25, -0.2) is 4.98 Å². The predicted molar refractivity (Wildman–Crippen MR) is 72.2 cm³/mol. The summed E-state index contributed by atoms with van der Waals surface area (Å²) < 4.78 is 5.58. The molecule has 4 nitrogen and oxygen atoms in total. The standard InChI is InChI=1S/C12H17N3OS/c1-8-12(2,6-7-16-8)15-10-5-3-4-9(14-10)11(13)17/h3-5,8H,6-7H2,1-2H3,(H2,13,17)(H,14,15). The van der Waals surface area contributed by atoms with Gasteiger partial charge >= 0.3 is 0 Å². The van der Waals surface area contributed by atoms with E-state index in [1.54, 1.807) is 0 Å². The van der Waals surface area contributed by atoms with Crippen molar-refractivity contribution >= 4 is 23.0 Å². The van der Waals surface area contributed by atoms with Crippen LogP contribution >= 0.6 is 12.2 Å². The Morgan fingerprint density at radius 1 is 1.65 bits per heavy atom. The molecule has 0 saturated carbocycles. The van der Waals surface area contributed by atoms with Crippen LogP contribution in [0.15, 0.2) is 18.2 Å². The number of rotatable bonds is 3. The van der Waals surface area contributed by atoms with Gasteiger partial charge in [0.15, 0.2) is 0 Å². The van der Waals surface area contributed by atoms with Gasteiger partial charge in [-0.05, 0) is 32.4 Å². The van der Waals surface area contributed by atoms with Crippen molar-refractivity contribution in [3.8, 4) is 0 Å². The fraction of sp³-hybridized carbons (Fsp3) is 0.500. The molecule has 92 valence electrons. The SMILES string of the molecule is CC1OCCC1(C)Nc1cccc(C(N)=S)n1. The van der Waals surface area contributed by atoms with Gasteiger partial charge in [-0.1, -0.05) is 18.3 Å². The largest absolute Gasteiger partial charge is 0.388 e. The first-order valence-electron chi connectivity index (χ1n) is 5.68. The Kier molecular flexibility index (Phi) is 3.31. The van der Waals surface area contributed by atoms with Crippen LogP contribution in [0.25, 0.3) is 0 Å². The first-order chi connectivity index (χ1) is 8.01. The van der Waals surface area contributed by atoms with E-state index in [1.807, 2.05) is 18.2 Å². The summed E-state index contributed by atoms with van der Waals surface area (Å²) in [6.07, 6.45) is 1.13. The van der Waals surface area contributed by atoms with Crippen molar-refractivity contribution in [2.45, 2.75) is 31.9 Å². The highest BCUT2D eigenvalue weighted by molar-refractivity contribution is 7.80. The molecule has 1 saturated heterocycles. The molecule has 0 radical (unpaired) electrons. The molecule has 0 amide bonds. The third kappa shape index (κ3) is 2.56. The molecule has 17 heavy (non-hydrogen) atoms. The molecule has 0 spiro atoms. The monoisotopic (exact) mass is 251 g/mol. The summed E-state index contributed by atoms with van der Waals surface area (Å²) in [7, 11) is 0. The average Bonchev–Trinajstić information content (AvgIpc) is 2.59. The van der Waals surface area contributed by atoms with Gasteiger partial charge in [-0.2, -0.15) is 0 Å². The zero-order chi connectivity index (χ0) is 12.5. The number of hydrogen-bond donors (Lipinski definition) is 2. The number of nitrogens with one attached hydrogen (secondary N) is 1. The molecule has 0 bridgehead atoms. The van der Waals surface area contributed by atoms with Crippen molar-refractivity contribution < 1.29 is 4.74 Å². The Morgan fingerprint density at radius 2 is 2.41 bits per heavy atom.